The first-order chi connectivity index (χ1) is 9.06. The molecule has 0 bridgehead atoms. The molecule has 0 aliphatic carbocycles. The van der Waals surface area contributed by atoms with Crippen LogP contribution in [0.3, 0.4) is 0 Å². The van der Waals surface area contributed by atoms with Gasteiger partial charge in [-0.25, -0.2) is 0 Å². The van der Waals surface area contributed by atoms with Crippen molar-refractivity contribution in [3.05, 3.63) is 35.4 Å². The number of nitrogens with two attached hydrogens (primary N) is 1. The minimum Gasteiger partial charge on any atom is -0.409 e. The molecule has 4 N–H and O–H groups in total. The molecule has 0 amide bonds. The molecule has 6 heteroatoms. The summed E-state index contributed by atoms with van der Waals surface area (Å²) < 4.78 is 11.2. The molecular formula is C13H21N3O2S. The Hall–Kier alpha value is -1.40. The van der Waals surface area contributed by atoms with Gasteiger partial charge in [-0.1, -0.05) is 36.3 Å². The molecule has 0 radical (unpaired) electrons. The summed E-state index contributed by atoms with van der Waals surface area (Å²) in [5, 5.41) is 15.2. The number of rotatable bonds is 7. The van der Waals surface area contributed by atoms with Gasteiger partial charge >= 0.3 is 0 Å². The molecular weight excluding hydrogens is 262 g/mol. The standard InChI is InChI=1S/C13H21N3O2S/c1-10(19(2)18)7-8-15-9-11-5-3-4-6-12(11)13(14)16-17/h3-6,10,15,17H,7-9H2,1-2H3,(H2,14,16). The van der Waals surface area contributed by atoms with Crippen molar-refractivity contribution in [1.29, 1.82) is 0 Å². The second-order valence-corrected chi connectivity index (χ2v) is 6.22. The second kappa shape index (κ2) is 7.91. The highest BCUT2D eigenvalue weighted by Crippen LogP contribution is 2.08. The number of benzene rings is 1. The van der Waals surface area contributed by atoms with Gasteiger partial charge in [0, 0.05) is 34.4 Å². The fourth-order valence-corrected chi connectivity index (χ4v) is 2.12. The molecule has 5 nitrogen and oxygen atoms in total. The Labute approximate surface area is 116 Å². The van der Waals surface area contributed by atoms with Gasteiger partial charge in [0.1, 0.15) is 0 Å². The molecule has 2 unspecified atom stereocenters. The van der Waals surface area contributed by atoms with E-state index in [9.17, 15) is 4.21 Å². The molecule has 0 aromatic heterocycles. The number of hydrogen-bond donors (Lipinski definition) is 3. The Bertz CT molecular complexity index is 463. The average Bonchev–Trinajstić information content (AvgIpc) is 2.42. The van der Waals surface area contributed by atoms with Crippen LogP contribution < -0.4 is 11.1 Å². The van der Waals surface area contributed by atoms with Crippen molar-refractivity contribution in [3.8, 4) is 0 Å². The van der Waals surface area contributed by atoms with Crippen molar-refractivity contribution >= 4 is 16.6 Å². The molecule has 1 aromatic carbocycles. The zero-order chi connectivity index (χ0) is 14.3. The summed E-state index contributed by atoms with van der Waals surface area (Å²) in [5.74, 6) is 0.112. The number of hydrogen-bond acceptors (Lipinski definition) is 4. The minimum atomic E-state index is -0.784. The molecule has 0 saturated heterocycles. The van der Waals surface area contributed by atoms with Gasteiger partial charge in [-0.3, -0.25) is 4.21 Å². The van der Waals surface area contributed by atoms with Gasteiger partial charge in [-0.15, -0.1) is 0 Å². The Balaban J connectivity index is 2.52. The first-order valence-electron chi connectivity index (χ1n) is 6.15. The molecule has 2 atom stereocenters. The van der Waals surface area contributed by atoms with Crippen molar-refractivity contribution in [2.75, 3.05) is 12.8 Å². The predicted octanol–water partition coefficient (Wildman–Crippen LogP) is 1.03. The van der Waals surface area contributed by atoms with Gasteiger partial charge in [-0.2, -0.15) is 0 Å². The van der Waals surface area contributed by atoms with Crippen molar-refractivity contribution in [2.45, 2.75) is 25.1 Å². The van der Waals surface area contributed by atoms with Crippen LogP contribution in [0.1, 0.15) is 24.5 Å². The lowest BCUT2D eigenvalue weighted by molar-refractivity contribution is 0.318. The van der Waals surface area contributed by atoms with E-state index in [2.05, 4.69) is 10.5 Å². The van der Waals surface area contributed by atoms with Crippen molar-refractivity contribution < 1.29 is 9.42 Å². The van der Waals surface area contributed by atoms with Gasteiger partial charge in [0.2, 0.25) is 0 Å². The second-order valence-electron chi connectivity index (χ2n) is 4.42. The predicted molar refractivity (Wildman–Crippen MR) is 78.8 cm³/mol. The topological polar surface area (TPSA) is 87.7 Å². The third kappa shape index (κ3) is 5.00. The first-order valence-corrected chi connectivity index (χ1v) is 7.77. The summed E-state index contributed by atoms with van der Waals surface area (Å²) in [5.41, 5.74) is 7.32. The van der Waals surface area contributed by atoms with Gasteiger partial charge in [-0.05, 0) is 18.5 Å². The average molecular weight is 283 g/mol. The van der Waals surface area contributed by atoms with E-state index < -0.39 is 10.8 Å². The molecule has 0 saturated carbocycles. The first kappa shape index (κ1) is 15.7. The normalized spacial score (nSPS) is 15.2. The molecule has 19 heavy (non-hydrogen) atoms. The molecule has 106 valence electrons. The maximum absolute atomic E-state index is 11.2. The third-order valence-electron chi connectivity index (χ3n) is 3.01. The number of amidine groups is 1. The highest BCUT2D eigenvalue weighted by Gasteiger charge is 2.07. The third-order valence-corrected chi connectivity index (χ3v) is 4.38. The van der Waals surface area contributed by atoms with Crippen molar-refractivity contribution in [1.82, 2.24) is 5.32 Å². The van der Waals surface area contributed by atoms with E-state index >= 15 is 0 Å². The summed E-state index contributed by atoms with van der Waals surface area (Å²) in [6.45, 7) is 3.39. The SMILES string of the molecule is CC(CCNCc1ccccc1/C(N)=N/O)S(C)=O. The Kier molecular flexibility index (Phi) is 6.52. The zero-order valence-electron chi connectivity index (χ0n) is 11.3. The Morgan fingerprint density at radius 3 is 2.84 bits per heavy atom. The van der Waals surface area contributed by atoms with Gasteiger partial charge in [0.15, 0.2) is 5.84 Å². The monoisotopic (exact) mass is 283 g/mol. The molecule has 0 fully saturated rings. The largest absolute Gasteiger partial charge is 0.409 e. The van der Waals surface area contributed by atoms with E-state index in [1.165, 1.54) is 0 Å². The number of oxime groups is 1. The maximum atomic E-state index is 11.2. The van der Waals surface area contributed by atoms with Crippen LogP contribution in [-0.4, -0.2) is 33.3 Å². The van der Waals surface area contributed by atoms with Crippen LogP contribution in [0.4, 0.5) is 0 Å². The molecule has 1 rings (SSSR count). The highest BCUT2D eigenvalue weighted by atomic mass is 32.2. The van der Waals surface area contributed by atoms with Crippen LogP contribution in [-0.2, 0) is 17.3 Å². The van der Waals surface area contributed by atoms with Crippen molar-refractivity contribution in [2.24, 2.45) is 10.9 Å². The van der Waals surface area contributed by atoms with Gasteiger partial charge in [0.25, 0.3) is 0 Å². The smallest absolute Gasteiger partial charge is 0.170 e. The van der Waals surface area contributed by atoms with E-state index in [4.69, 9.17) is 10.9 Å². The highest BCUT2D eigenvalue weighted by molar-refractivity contribution is 7.84. The van der Waals surface area contributed by atoms with E-state index in [0.717, 1.165) is 24.1 Å². The summed E-state index contributed by atoms with van der Waals surface area (Å²) >= 11 is 0. The van der Waals surface area contributed by atoms with Crippen LogP contribution in [0, 0.1) is 0 Å². The summed E-state index contributed by atoms with van der Waals surface area (Å²) in [4.78, 5) is 0. The fourth-order valence-electron chi connectivity index (χ4n) is 1.67. The fraction of sp³-hybridized carbons (Fsp3) is 0.462. The lowest BCUT2D eigenvalue weighted by atomic mass is 10.1. The van der Waals surface area contributed by atoms with E-state index in [1.54, 1.807) is 6.26 Å². The van der Waals surface area contributed by atoms with Crippen LogP contribution in [0.15, 0.2) is 29.4 Å². The van der Waals surface area contributed by atoms with Gasteiger partial charge < -0.3 is 16.3 Å². The maximum Gasteiger partial charge on any atom is 0.170 e. The number of nitrogens with one attached hydrogen (secondary N) is 1. The van der Waals surface area contributed by atoms with Crippen LogP contribution in [0.2, 0.25) is 0 Å². The molecule has 0 aliphatic rings. The molecule has 1 aromatic rings. The quantitative estimate of drug-likeness (QED) is 0.229. The Morgan fingerprint density at radius 1 is 1.53 bits per heavy atom. The summed E-state index contributed by atoms with van der Waals surface area (Å²) in [6, 6.07) is 7.51. The van der Waals surface area contributed by atoms with Crippen LogP contribution in [0.25, 0.3) is 0 Å². The van der Waals surface area contributed by atoms with Crippen molar-refractivity contribution in [3.63, 3.8) is 0 Å². The number of nitrogens with zero attached hydrogens (tertiary/aromatic N) is 1. The summed E-state index contributed by atoms with van der Waals surface area (Å²) in [7, 11) is -0.784. The summed E-state index contributed by atoms with van der Waals surface area (Å²) in [6.07, 6.45) is 2.58. The molecule has 0 heterocycles. The molecule has 0 aliphatic heterocycles. The van der Waals surface area contributed by atoms with Crippen LogP contribution in [0.5, 0.6) is 0 Å². The molecule has 0 spiro atoms. The lowest BCUT2D eigenvalue weighted by Crippen LogP contribution is -2.23. The van der Waals surface area contributed by atoms with Gasteiger partial charge in [0.05, 0.1) is 0 Å². The zero-order valence-corrected chi connectivity index (χ0v) is 12.1. The Morgan fingerprint density at radius 2 is 2.21 bits per heavy atom. The van der Waals surface area contributed by atoms with E-state index in [-0.39, 0.29) is 11.1 Å². The minimum absolute atomic E-state index is 0.112. The lowest BCUT2D eigenvalue weighted by Gasteiger charge is -2.11. The van der Waals surface area contributed by atoms with E-state index in [1.807, 2.05) is 31.2 Å². The van der Waals surface area contributed by atoms with E-state index in [0.29, 0.717) is 6.54 Å². The van der Waals surface area contributed by atoms with Crippen LogP contribution >= 0.6 is 0 Å².